The molecule has 5 aromatic carbocycles. The second kappa shape index (κ2) is 13.4. The standard InChI is InChI=1S/C40H33NO4S/c1-29-22-24-35(25-23-29)46(44,45)41-28-34(27-37(42)31-16-8-3-9-17-31)39(40(43)33-20-12-5-13-21-33)38(32-18-10-4-11-19-32)36(41)26-30-14-6-2-7-15-30/h2-25,27,36H,26,28H2,1H3/b34-27+/t36-/m0/s1. The Morgan fingerprint density at radius 2 is 1.22 bits per heavy atom. The fraction of sp³-hybridized carbons (Fsp3) is 0.100. The molecule has 0 unspecified atom stereocenters. The van der Waals surface area contributed by atoms with E-state index in [0.29, 0.717) is 39.8 Å². The molecule has 0 bridgehead atoms. The highest BCUT2D eigenvalue weighted by Crippen LogP contribution is 2.41. The highest BCUT2D eigenvalue weighted by atomic mass is 32.2. The maximum Gasteiger partial charge on any atom is 0.243 e. The Balaban J connectivity index is 1.66. The SMILES string of the molecule is Cc1ccc(S(=O)(=O)N2C/C(=C\C(=O)c3ccccc3)C(C(=O)c3ccccc3)=C(c3ccccc3)[C@@H]2Cc2ccccc2)cc1. The van der Waals surface area contributed by atoms with Crippen LogP contribution in [0.5, 0.6) is 0 Å². The van der Waals surface area contributed by atoms with Crippen molar-refractivity contribution in [2.75, 3.05) is 6.54 Å². The number of ketones is 2. The van der Waals surface area contributed by atoms with Gasteiger partial charge in [-0.1, -0.05) is 139 Å². The van der Waals surface area contributed by atoms with E-state index in [2.05, 4.69) is 0 Å². The molecule has 1 heterocycles. The predicted octanol–water partition coefficient (Wildman–Crippen LogP) is 7.76. The minimum Gasteiger partial charge on any atom is -0.289 e. The van der Waals surface area contributed by atoms with E-state index in [1.165, 1.54) is 10.4 Å². The number of sulfonamides is 1. The number of benzene rings is 5. The quantitative estimate of drug-likeness (QED) is 0.124. The van der Waals surface area contributed by atoms with Gasteiger partial charge in [-0.3, -0.25) is 9.59 Å². The zero-order valence-electron chi connectivity index (χ0n) is 25.4. The van der Waals surface area contributed by atoms with E-state index >= 15 is 0 Å². The Labute approximate surface area is 270 Å². The lowest BCUT2D eigenvalue weighted by Crippen LogP contribution is -2.47. The van der Waals surface area contributed by atoms with Crippen LogP contribution in [0.1, 0.15) is 37.4 Å². The van der Waals surface area contributed by atoms with E-state index in [1.807, 2.05) is 79.7 Å². The lowest BCUT2D eigenvalue weighted by Gasteiger charge is -2.39. The van der Waals surface area contributed by atoms with Crippen molar-refractivity contribution in [1.82, 2.24) is 4.31 Å². The van der Waals surface area contributed by atoms with Crippen molar-refractivity contribution < 1.29 is 18.0 Å². The Hall–Kier alpha value is -5.17. The number of hydrogen-bond acceptors (Lipinski definition) is 4. The van der Waals surface area contributed by atoms with Gasteiger partial charge in [-0.05, 0) is 53.8 Å². The molecule has 0 saturated carbocycles. The average Bonchev–Trinajstić information content (AvgIpc) is 3.10. The van der Waals surface area contributed by atoms with Crippen LogP contribution in [0.3, 0.4) is 0 Å². The number of nitrogens with zero attached hydrogens (tertiary/aromatic N) is 1. The smallest absolute Gasteiger partial charge is 0.243 e. The third-order valence-corrected chi connectivity index (χ3v) is 10.1. The summed E-state index contributed by atoms with van der Waals surface area (Å²) in [6.07, 6.45) is 1.76. The van der Waals surface area contributed by atoms with Crippen molar-refractivity contribution in [2.24, 2.45) is 0 Å². The topological polar surface area (TPSA) is 71.5 Å². The number of carbonyl (C=O) groups is 2. The van der Waals surface area contributed by atoms with Crippen LogP contribution in [0.25, 0.3) is 5.57 Å². The summed E-state index contributed by atoms with van der Waals surface area (Å²) in [5, 5.41) is 0. The number of rotatable bonds is 9. The monoisotopic (exact) mass is 623 g/mol. The van der Waals surface area contributed by atoms with Gasteiger partial charge >= 0.3 is 0 Å². The molecule has 6 rings (SSSR count). The summed E-state index contributed by atoms with van der Waals surface area (Å²) in [6.45, 7) is 1.75. The summed E-state index contributed by atoms with van der Waals surface area (Å²) in [5.41, 5.74) is 4.73. The van der Waals surface area contributed by atoms with Crippen LogP contribution in [0.15, 0.2) is 168 Å². The molecule has 0 amide bonds. The predicted molar refractivity (Wildman–Crippen MR) is 182 cm³/mol. The minimum absolute atomic E-state index is 0.148. The number of allylic oxidation sites excluding steroid dienone is 1. The first-order valence-electron chi connectivity index (χ1n) is 15.1. The van der Waals surface area contributed by atoms with E-state index in [-0.39, 0.29) is 23.0 Å². The fourth-order valence-electron chi connectivity index (χ4n) is 5.90. The molecule has 0 N–H and O–H groups in total. The molecular weight excluding hydrogens is 591 g/mol. The van der Waals surface area contributed by atoms with Crippen molar-refractivity contribution in [3.05, 3.63) is 191 Å². The van der Waals surface area contributed by atoms with Gasteiger partial charge in [0.15, 0.2) is 11.6 Å². The zero-order chi connectivity index (χ0) is 32.1. The molecule has 0 aromatic heterocycles. The van der Waals surface area contributed by atoms with E-state index in [0.717, 1.165) is 11.1 Å². The third-order valence-electron chi connectivity index (χ3n) is 8.21. The second-order valence-electron chi connectivity index (χ2n) is 11.3. The normalized spacial score (nSPS) is 16.4. The molecule has 228 valence electrons. The molecule has 5 nitrogen and oxygen atoms in total. The molecule has 0 aliphatic carbocycles. The van der Waals surface area contributed by atoms with Crippen molar-refractivity contribution >= 4 is 27.2 Å². The van der Waals surface area contributed by atoms with Crippen LogP contribution >= 0.6 is 0 Å². The molecule has 0 saturated heterocycles. The summed E-state index contributed by atoms with van der Waals surface area (Å²) in [5.74, 6) is -0.576. The van der Waals surface area contributed by atoms with E-state index in [1.54, 1.807) is 72.8 Å². The Morgan fingerprint density at radius 3 is 1.80 bits per heavy atom. The van der Waals surface area contributed by atoms with Crippen molar-refractivity contribution in [2.45, 2.75) is 24.3 Å². The molecule has 0 spiro atoms. The van der Waals surface area contributed by atoms with E-state index in [4.69, 9.17) is 0 Å². The van der Waals surface area contributed by atoms with Crippen LogP contribution in [-0.2, 0) is 16.4 Å². The Kier molecular flexibility index (Phi) is 9.01. The molecule has 0 fully saturated rings. The van der Waals surface area contributed by atoms with Gasteiger partial charge in [0.05, 0.1) is 10.9 Å². The molecule has 46 heavy (non-hydrogen) atoms. The van der Waals surface area contributed by atoms with Crippen LogP contribution < -0.4 is 0 Å². The fourth-order valence-corrected chi connectivity index (χ4v) is 7.47. The minimum atomic E-state index is -4.10. The summed E-state index contributed by atoms with van der Waals surface area (Å²) >= 11 is 0. The molecular formula is C40H33NO4S. The van der Waals surface area contributed by atoms with Crippen molar-refractivity contribution in [1.29, 1.82) is 0 Å². The zero-order valence-corrected chi connectivity index (χ0v) is 26.2. The lowest BCUT2D eigenvalue weighted by molar-refractivity contribution is 0.103. The lowest BCUT2D eigenvalue weighted by atomic mass is 9.80. The number of Topliss-reactive ketones (excluding diaryl/α,β-unsaturated/α-hetero) is 1. The highest BCUT2D eigenvalue weighted by Gasteiger charge is 2.42. The van der Waals surface area contributed by atoms with E-state index in [9.17, 15) is 18.0 Å². The molecule has 6 heteroatoms. The Morgan fingerprint density at radius 1 is 0.696 bits per heavy atom. The molecule has 0 radical (unpaired) electrons. The van der Waals surface area contributed by atoms with Crippen LogP contribution in [0, 0.1) is 6.92 Å². The molecule has 1 aliphatic heterocycles. The summed E-state index contributed by atoms with van der Waals surface area (Å²) in [4.78, 5) is 28.5. The van der Waals surface area contributed by atoms with Gasteiger partial charge in [-0.15, -0.1) is 0 Å². The van der Waals surface area contributed by atoms with Gasteiger partial charge in [-0.25, -0.2) is 8.42 Å². The molecule has 1 atom stereocenters. The maximum atomic E-state index is 14.6. The van der Waals surface area contributed by atoms with Crippen LogP contribution in [0.2, 0.25) is 0 Å². The average molecular weight is 624 g/mol. The number of hydrogen-bond donors (Lipinski definition) is 0. The highest BCUT2D eigenvalue weighted by molar-refractivity contribution is 7.89. The first-order chi connectivity index (χ1) is 22.3. The summed E-state index contributed by atoms with van der Waals surface area (Å²) in [7, 11) is -4.10. The molecule has 5 aromatic rings. The maximum absolute atomic E-state index is 14.6. The number of carbonyl (C=O) groups excluding carboxylic acids is 2. The third kappa shape index (κ3) is 6.45. The summed E-state index contributed by atoms with van der Waals surface area (Å²) in [6, 6.07) is 42.8. The first kappa shape index (κ1) is 30.8. The molecule has 1 aliphatic rings. The summed E-state index contributed by atoms with van der Waals surface area (Å²) < 4.78 is 30.7. The van der Waals surface area contributed by atoms with Gasteiger partial charge in [0.2, 0.25) is 10.0 Å². The Bertz CT molecular complexity index is 2020. The van der Waals surface area contributed by atoms with Gasteiger partial charge in [0, 0.05) is 23.2 Å². The first-order valence-corrected chi connectivity index (χ1v) is 16.6. The van der Waals surface area contributed by atoms with Gasteiger partial charge < -0.3 is 0 Å². The van der Waals surface area contributed by atoms with Crippen LogP contribution in [0.4, 0.5) is 0 Å². The van der Waals surface area contributed by atoms with Gasteiger partial charge in [-0.2, -0.15) is 4.31 Å². The second-order valence-corrected chi connectivity index (χ2v) is 13.2. The largest absolute Gasteiger partial charge is 0.289 e. The van der Waals surface area contributed by atoms with Gasteiger partial charge in [0.25, 0.3) is 0 Å². The van der Waals surface area contributed by atoms with Gasteiger partial charge in [0.1, 0.15) is 0 Å². The number of aryl methyl sites for hydroxylation is 1. The van der Waals surface area contributed by atoms with E-state index < -0.39 is 16.1 Å². The van der Waals surface area contributed by atoms with Crippen molar-refractivity contribution in [3.8, 4) is 0 Å². The van der Waals surface area contributed by atoms with Crippen molar-refractivity contribution in [3.63, 3.8) is 0 Å². The van der Waals surface area contributed by atoms with Crippen LogP contribution in [-0.4, -0.2) is 36.9 Å².